The lowest BCUT2D eigenvalue weighted by atomic mass is 10.2. The van der Waals surface area contributed by atoms with Crippen molar-refractivity contribution >= 4 is 0 Å². The van der Waals surface area contributed by atoms with E-state index in [0.717, 1.165) is 25.3 Å². The Hall–Kier alpha value is -0.940. The number of aryl methyl sites for hydroxylation is 1. The molecule has 0 radical (unpaired) electrons. The van der Waals surface area contributed by atoms with Gasteiger partial charge in [-0.25, -0.2) is 0 Å². The second-order valence-corrected chi connectivity index (χ2v) is 4.79. The minimum Gasteiger partial charge on any atom is -0.373 e. The van der Waals surface area contributed by atoms with Gasteiger partial charge in [0.2, 0.25) is 5.89 Å². The molecule has 1 fully saturated rings. The van der Waals surface area contributed by atoms with Crippen LogP contribution in [0, 0.1) is 0 Å². The summed E-state index contributed by atoms with van der Waals surface area (Å²) in [7, 11) is 0. The lowest BCUT2D eigenvalue weighted by Crippen LogP contribution is -2.46. The van der Waals surface area contributed by atoms with Gasteiger partial charge in [-0.05, 0) is 20.8 Å². The maximum Gasteiger partial charge on any atom is 0.243 e. The van der Waals surface area contributed by atoms with Gasteiger partial charge in [0, 0.05) is 19.5 Å². The number of rotatable bonds is 3. The zero-order valence-electron chi connectivity index (χ0n) is 11.0. The number of morpholine rings is 1. The molecule has 0 aromatic carbocycles. The highest BCUT2D eigenvalue weighted by molar-refractivity contribution is 4.93. The van der Waals surface area contributed by atoms with Crippen LogP contribution in [0.15, 0.2) is 4.52 Å². The molecule has 2 heterocycles. The number of ether oxygens (including phenoxy) is 1. The molecule has 5 heteroatoms. The summed E-state index contributed by atoms with van der Waals surface area (Å²) in [6.45, 7) is 10.2. The summed E-state index contributed by atoms with van der Waals surface area (Å²) in [6, 6.07) is 0.164. The summed E-state index contributed by atoms with van der Waals surface area (Å²) in [6.07, 6.45) is 1.33. The van der Waals surface area contributed by atoms with Crippen LogP contribution in [0.4, 0.5) is 0 Å². The molecule has 2 rings (SSSR count). The minimum absolute atomic E-state index is 0.164. The third-order valence-electron chi connectivity index (χ3n) is 3.15. The molecule has 3 atom stereocenters. The Balaban J connectivity index is 2.05. The first-order chi connectivity index (χ1) is 8.10. The fraction of sp³-hybridized carbons (Fsp3) is 0.833. The molecule has 0 aliphatic carbocycles. The Morgan fingerprint density at radius 1 is 1.35 bits per heavy atom. The van der Waals surface area contributed by atoms with Crippen LogP contribution in [-0.2, 0) is 11.2 Å². The first kappa shape index (κ1) is 12.5. The van der Waals surface area contributed by atoms with Crippen LogP contribution in [0.3, 0.4) is 0 Å². The highest BCUT2D eigenvalue weighted by Crippen LogP contribution is 2.23. The highest BCUT2D eigenvalue weighted by atomic mass is 16.5. The molecule has 0 bridgehead atoms. The quantitative estimate of drug-likeness (QED) is 0.805. The average Bonchev–Trinajstić information content (AvgIpc) is 2.75. The number of hydrogen-bond acceptors (Lipinski definition) is 5. The van der Waals surface area contributed by atoms with Crippen molar-refractivity contribution in [1.29, 1.82) is 0 Å². The lowest BCUT2D eigenvalue weighted by Gasteiger charge is -2.37. The van der Waals surface area contributed by atoms with Gasteiger partial charge in [0.05, 0.1) is 18.2 Å². The molecular weight excluding hydrogens is 218 g/mol. The monoisotopic (exact) mass is 239 g/mol. The smallest absolute Gasteiger partial charge is 0.243 e. The van der Waals surface area contributed by atoms with E-state index in [1.807, 2.05) is 6.92 Å². The highest BCUT2D eigenvalue weighted by Gasteiger charge is 2.29. The Bertz CT molecular complexity index is 356. The lowest BCUT2D eigenvalue weighted by molar-refractivity contribution is -0.0818. The summed E-state index contributed by atoms with van der Waals surface area (Å²) in [4.78, 5) is 6.73. The van der Waals surface area contributed by atoms with Gasteiger partial charge in [0.1, 0.15) is 0 Å². The SMILES string of the molecule is CCc1noc([C@H](C)N2C[C@H](C)O[C@@H](C)C2)n1. The van der Waals surface area contributed by atoms with Crippen LogP contribution in [0.2, 0.25) is 0 Å². The van der Waals surface area contributed by atoms with Crippen LogP contribution in [0.1, 0.15) is 45.5 Å². The molecular formula is C12H21N3O2. The Morgan fingerprint density at radius 3 is 2.53 bits per heavy atom. The minimum atomic E-state index is 0.164. The molecule has 0 saturated carbocycles. The number of nitrogens with zero attached hydrogens (tertiary/aromatic N) is 3. The zero-order chi connectivity index (χ0) is 12.4. The molecule has 1 saturated heterocycles. The van der Waals surface area contributed by atoms with Gasteiger partial charge in [0.15, 0.2) is 5.82 Å². The van der Waals surface area contributed by atoms with Gasteiger partial charge in [-0.15, -0.1) is 0 Å². The van der Waals surface area contributed by atoms with Crippen LogP contribution in [0.5, 0.6) is 0 Å². The second-order valence-electron chi connectivity index (χ2n) is 4.79. The van der Waals surface area contributed by atoms with Crippen LogP contribution < -0.4 is 0 Å². The van der Waals surface area contributed by atoms with Crippen LogP contribution >= 0.6 is 0 Å². The van der Waals surface area contributed by atoms with Crippen molar-refractivity contribution in [3.63, 3.8) is 0 Å². The third-order valence-corrected chi connectivity index (χ3v) is 3.15. The standard InChI is InChI=1S/C12H21N3O2/c1-5-11-13-12(17-14-11)10(4)15-6-8(2)16-9(3)7-15/h8-10H,5-7H2,1-4H3/t8-,9-,10-/m0/s1. The van der Waals surface area contributed by atoms with Crippen molar-refractivity contribution in [3.8, 4) is 0 Å². The van der Waals surface area contributed by atoms with Crippen LogP contribution in [0.25, 0.3) is 0 Å². The second kappa shape index (κ2) is 5.14. The van der Waals surface area contributed by atoms with Crippen molar-refractivity contribution in [2.24, 2.45) is 0 Å². The summed E-state index contributed by atoms with van der Waals surface area (Å²) in [5.74, 6) is 1.49. The van der Waals surface area contributed by atoms with Crippen molar-refractivity contribution in [3.05, 3.63) is 11.7 Å². The van der Waals surface area contributed by atoms with E-state index in [1.54, 1.807) is 0 Å². The predicted octanol–water partition coefficient (Wildman–Crippen LogP) is 1.80. The van der Waals surface area contributed by atoms with Crippen molar-refractivity contribution in [2.75, 3.05) is 13.1 Å². The topological polar surface area (TPSA) is 51.4 Å². The molecule has 0 N–H and O–H groups in total. The Kier molecular flexibility index (Phi) is 3.79. The average molecular weight is 239 g/mol. The van der Waals surface area contributed by atoms with E-state index in [4.69, 9.17) is 9.26 Å². The van der Waals surface area contributed by atoms with E-state index in [0.29, 0.717) is 5.89 Å². The maximum atomic E-state index is 5.72. The first-order valence-corrected chi connectivity index (χ1v) is 6.32. The zero-order valence-corrected chi connectivity index (χ0v) is 11.0. The van der Waals surface area contributed by atoms with E-state index < -0.39 is 0 Å². The Labute approximate surface area is 102 Å². The molecule has 17 heavy (non-hydrogen) atoms. The van der Waals surface area contributed by atoms with Gasteiger partial charge in [-0.2, -0.15) is 4.98 Å². The molecule has 1 aliphatic heterocycles. The summed E-state index contributed by atoms with van der Waals surface area (Å²) in [5, 5.41) is 3.94. The molecule has 0 unspecified atom stereocenters. The van der Waals surface area contributed by atoms with E-state index in [9.17, 15) is 0 Å². The van der Waals surface area contributed by atoms with E-state index in [-0.39, 0.29) is 18.2 Å². The summed E-state index contributed by atoms with van der Waals surface area (Å²) in [5.41, 5.74) is 0. The van der Waals surface area contributed by atoms with Gasteiger partial charge >= 0.3 is 0 Å². The number of aromatic nitrogens is 2. The summed E-state index contributed by atoms with van der Waals surface area (Å²) < 4.78 is 11.0. The van der Waals surface area contributed by atoms with E-state index in [2.05, 4.69) is 35.8 Å². The van der Waals surface area contributed by atoms with Gasteiger partial charge in [-0.3, -0.25) is 4.90 Å². The Morgan fingerprint density at radius 2 is 2.00 bits per heavy atom. The van der Waals surface area contributed by atoms with Crippen LogP contribution in [-0.4, -0.2) is 40.3 Å². The van der Waals surface area contributed by atoms with Gasteiger partial charge < -0.3 is 9.26 Å². The molecule has 5 nitrogen and oxygen atoms in total. The first-order valence-electron chi connectivity index (χ1n) is 6.32. The molecule has 1 aromatic rings. The third kappa shape index (κ3) is 2.84. The molecule has 1 aliphatic rings. The number of hydrogen-bond donors (Lipinski definition) is 0. The fourth-order valence-electron chi connectivity index (χ4n) is 2.27. The van der Waals surface area contributed by atoms with E-state index in [1.165, 1.54) is 0 Å². The van der Waals surface area contributed by atoms with E-state index >= 15 is 0 Å². The van der Waals surface area contributed by atoms with Crippen molar-refractivity contribution < 1.29 is 9.26 Å². The molecule has 1 aromatic heterocycles. The summed E-state index contributed by atoms with van der Waals surface area (Å²) >= 11 is 0. The normalized spacial score (nSPS) is 28.2. The molecule has 0 spiro atoms. The predicted molar refractivity (Wildman–Crippen MR) is 63.7 cm³/mol. The van der Waals surface area contributed by atoms with Crippen molar-refractivity contribution in [2.45, 2.75) is 52.4 Å². The fourth-order valence-corrected chi connectivity index (χ4v) is 2.27. The van der Waals surface area contributed by atoms with Crippen molar-refractivity contribution in [1.82, 2.24) is 15.0 Å². The largest absolute Gasteiger partial charge is 0.373 e. The molecule has 96 valence electrons. The maximum absolute atomic E-state index is 5.72. The molecule has 0 amide bonds. The van der Waals surface area contributed by atoms with Gasteiger partial charge in [-0.1, -0.05) is 12.1 Å². The van der Waals surface area contributed by atoms with Gasteiger partial charge in [0.25, 0.3) is 0 Å².